The number of aliphatic imine (C=N–C) groups is 1. The summed E-state index contributed by atoms with van der Waals surface area (Å²) in [5.74, 6) is 0.933. The lowest BCUT2D eigenvalue weighted by Crippen LogP contribution is -2.50. The maximum absolute atomic E-state index is 13.4. The van der Waals surface area contributed by atoms with Crippen molar-refractivity contribution >= 4 is 46.2 Å². The average molecular weight is 403 g/mol. The van der Waals surface area contributed by atoms with Gasteiger partial charge in [-0.2, -0.15) is 0 Å². The van der Waals surface area contributed by atoms with Gasteiger partial charge in [0.25, 0.3) is 5.91 Å². The monoisotopic (exact) mass is 402 g/mol. The molecule has 2 heterocycles. The molecule has 2 aromatic carbocycles. The Morgan fingerprint density at radius 3 is 2.44 bits per heavy atom. The smallest absolute Gasteiger partial charge is 0.278 e. The number of carbonyl (C=O) groups is 1. The Labute approximate surface area is 168 Å². The van der Waals surface area contributed by atoms with Gasteiger partial charge in [-0.1, -0.05) is 30.1 Å². The second-order valence-corrected chi connectivity index (χ2v) is 8.63. The first-order valence-corrected chi connectivity index (χ1v) is 9.58. The fourth-order valence-corrected chi connectivity index (χ4v) is 4.76. The molecule has 0 aromatic heterocycles. The molecule has 0 bridgehead atoms. The average Bonchev–Trinajstić information content (AvgIpc) is 2.84. The van der Waals surface area contributed by atoms with Crippen molar-refractivity contribution in [3.8, 4) is 5.75 Å². The molecule has 0 saturated heterocycles. The lowest BCUT2D eigenvalue weighted by atomic mass is 9.80. The van der Waals surface area contributed by atoms with Gasteiger partial charge in [-0.05, 0) is 62.1 Å². The number of rotatable bonds is 2. The predicted octanol–water partition coefficient (Wildman–Crippen LogP) is 5.76. The van der Waals surface area contributed by atoms with E-state index in [0.29, 0.717) is 27.4 Å². The highest BCUT2D eigenvalue weighted by molar-refractivity contribution is 6.55. The molecule has 0 N–H and O–H groups in total. The minimum atomic E-state index is -0.296. The molecule has 0 spiro atoms. The summed E-state index contributed by atoms with van der Waals surface area (Å²) in [6.07, 6.45) is 0.870. The molecule has 0 unspecified atom stereocenters. The Bertz CT molecular complexity index is 978. The molecule has 4 rings (SSSR count). The van der Waals surface area contributed by atoms with Crippen molar-refractivity contribution in [2.75, 3.05) is 12.0 Å². The number of halogens is 2. The highest BCUT2D eigenvalue weighted by Gasteiger charge is 2.48. The number of anilines is 1. The summed E-state index contributed by atoms with van der Waals surface area (Å²) in [5.41, 5.74) is 3.51. The van der Waals surface area contributed by atoms with Crippen LogP contribution in [-0.4, -0.2) is 24.3 Å². The minimum Gasteiger partial charge on any atom is -0.497 e. The summed E-state index contributed by atoms with van der Waals surface area (Å²) in [7, 11) is 1.63. The molecule has 2 aliphatic heterocycles. The van der Waals surface area contributed by atoms with E-state index in [4.69, 9.17) is 27.9 Å². The zero-order valence-corrected chi connectivity index (χ0v) is 17.1. The molecule has 140 valence electrons. The van der Waals surface area contributed by atoms with E-state index in [2.05, 4.69) is 25.8 Å². The number of methoxy groups -OCH3 is 1. The molecule has 0 saturated carbocycles. The van der Waals surface area contributed by atoms with Crippen molar-refractivity contribution in [3.05, 3.63) is 51.5 Å². The van der Waals surface area contributed by atoms with Crippen LogP contribution in [0.15, 0.2) is 35.3 Å². The van der Waals surface area contributed by atoms with Crippen LogP contribution in [0.2, 0.25) is 10.0 Å². The van der Waals surface area contributed by atoms with Crippen LogP contribution >= 0.6 is 23.2 Å². The van der Waals surface area contributed by atoms with Gasteiger partial charge in [-0.3, -0.25) is 4.79 Å². The van der Waals surface area contributed by atoms with E-state index >= 15 is 0 Å². The number of amides is 1. The molecular weight excluding hydrogens is 383 g/mol. The number of nitrogens with zero attached hydrogens (tertiary/aromatic N) is 2. The Morgan fingerprint density at radius 2 is 1.81 bits per heavy atom. The first-order chi connectivity index (χ1) is 12.7. The highest BCUT2D eigenvalue weighted by atomic mass is 35.5. The molecule has 1 atom stereocenters. The first kappa shape index (κ1) is 18.3. The highest BCUT2D eigenvalue weighted by Crippen LogP contribution is 2.50. The Hall–Kier alpha value is -2.04. The third kappa shape index (κ3) is 2.91. The van der Waals surface area contributed by atoms with Gasteiger partial charge in [0.1, 0.15) is 11.5 Å². The largest absolute Gasteiger partial charge is 0.497 e. The van der Waals surface area contributed by atoms with Gasteiger partial charge >= 0.3 is 0 Å². The predicted molar refractivity (Wildman–Crippen MR) is 110 cm³/mol. The lowest BCUT2D eigenvalue weighted by Gasteiger charge is -2.43. The number of benzene rings is 2. The molecule has 0 fully saturated rings. The van der Waals surface area contributed by atoms with Crippen molar-refractivity contribution in [1.82, 2.24) is 0 Å². The Morgan fingerprint density at radius 1 is 1.15 bits per heavy atom. The fraction of sp³-hybridized carbons (Fsp3) is 0.333. The van der Waals surface area contributed by atoms with Crippen molar-refractivity contribution in [1.29, 1.82) is 0 Å². The number of carbonyl (C=O) groups excluding carboxylic acids is 1. The number of hydrogen-bond donors (Lipinski definition) is 0. The number of ether oxygens (including phenoxy) is 1. The Kier molecular flexibility index (Phi) is 4.24. The standard InChI is InChI=1S/C21H20Cl2N2O2/c1-11-10-21(2,3)25-19-16(11)8-15(27-4)9-17(19)18(20(25)26)24-14-6-12(22)5-13(23)7-14/h5-9,11H,10H2,1-4H3/t11-/m1/s1. The summed E-state index contributed by atoms with van der Waals surface area (Å²) in [4.78, 5) is 19.9. The van der Waals surface area contributed by atoms with Crippen molar-refractivity contribution in [2.45, 2.75) is 38.6 Å². The van der Waals surface area contributed by atoms with Gasteiger partial charge in [0, 0.05) is 21.1 Å². The summed E-state index contributed by atoms with van der Waals surface area (Å²) in [6, 6.07) is 8.95. The summed E-state index contributed by atoms with van der Waals surface area (Å²) in [5, 5.41) is 0.961. The van der Waals surface area contributed by atoms with Gasteiger partial charge in [-0.15, -0.1) is 0 Å². The minimum absolute atomic E-state index is 0.104. The van der Waals surface area contributed by atoms with Gasteiger partial charge < -0.3 is 9.64 Å². The maximum atomic E-state index is 13.4. The summed E-state index contributed by atoms with van der Waals surface area (Å²) < 4.78 is 5.49. The molecule has 27 heavy (non-hydrogen) atoms. The molecular formula is C21H20Cl2N2O2. The van der Waals surface area contributed by atoms with E-state index in [-0.39, 0.29) is 11.4 Å². The fourth-order valence-electron chi connectivity index (χ4n) is 4.24. The van der Waals surface area contributed by atoms with Crippen LogP contribution in [0.5, 0.6) is 5.75 Å². The van der Waals surface area contributed by atoms with Crippen LogP contribution in [0.4, 0.5) is 11.4 Å². The van der Waals surface area contributed by atoms with Crippen LogP contribution in [0.25, 0.3) is 0 Å². The maximum Gasteiger partial charge on any atom is 0.278 e. The van der Waals surface area contributed by atoms with E-state index < -0.39 is 0 Å². The van der Waals surface area contributed by atoms with Crippen LogP contribution in [0.3, 0.4) is 0 Å². The number of hydrogen-bond acceptors (Lipinski definition) is 3. The lowest BCUT2D eigenvalue weighted by molar-refractivity contribution is -0.113. The molecule has 0 radical (unpaired) electrons. The van der Waals surface area contributed by atoms with Crippen LogP contribution in [0, 0.1) is 0 Å². The van der Waals surface area contributed by atoms with Crippen LogP contribution in [-0.2, 0) is 4.79 Å². The van der Waals surface area contributed by atoms with Crippen molar-refractivity contribution in [3.63, 3.8) is 0 Å². The quantitative estimate of drug-likeness (QED) is 0.640. The van der Waals surface area contributed by atoms with E-state index in [0.717, 1.165) is 29.0 Å². The van der Waals surface area contributed by atoms with Crippen molar-refractivity contribution in [2.24, 2.45) is 4.99 Å². The summed E-state index contributed by atoms with van der Waals surface area (Å²) >= 11 is 12.2. The third-order valence-corrected chi connectivity index (χ3v) is 5.70. The zero-order chi connectivity index (χ0) is 19.5. The van der Waals surface area contributed by atoms with Gasteiger partial charge in [-0.25, -0.2) is 4.99 Å². The summed E-state index contributed by atoms with van der Waals surface area (Å²) in [6.45, 7) is 6.37. The van der Waals surface area contributed by atoms with E-state index in [1.807, 2.05) is 17.0 Å². The van der Waals surface area contributed by atoms with Gasteiger partial charge in [0.15, 0.2) is 0 Å². The second-order valence-electron chi connectivity index (χ2n) is 7.76. The zero-order valence-electron chi connectivity index (χ0n) is 15.6. The van der Waals surface area contributed by atoms with E-state index in [1.165, 1.54) is 0 Å². The van der Waals surface area contributed by atoms with Gasteiger partial charge in [0.05, 0.1) is 18.5 Å². The van der Waals surface area contributed by atoms with E-state index in [9.17, 15) is 4.79 Å². The first-order valence-electron chi connectivity index (χ1n) is 8.83. The topological polar surface area (TPSA) is 41.9 Å². The third-order valence-electron chi connectivity index (χ3n) is 5.26. The molecule has 2 aliphatic rings. The van der Waals surface area contributed by atoms with Crippen LogP contribution < -0.4 is 9.64 Å². The Balaban J connectivity index is 1.98. The molecule has 0 aliphatic carbocycles. The second kappa shape index (κ2) is 6.25. The normalized spacial score (nSPS) is 21.6. The molecule has 4 nitrogen and oxygen atoms in total. The SMILES string of the molecule is COc1cc2c3c(c1)[C@H](C)CC(C)(C)N3C(=O)C2=Nc1cc(Cl)cc(Cl)c1. The van der Waals surface area contributed by atoms with E-state index in [1.54, 1.807) is 25.3 Å². The molecule has 2 aromatic rings. The molecule has 1 amide bonds. The molecule has 6 heteroatoms. The van der Waals surface area contributed by atoms with Crippen LogP contribution in [0.1, 0.15) is 44.2 Å². The van der Waals surface area contributed by atoms with Gasteiger partial charge in [0.2, 0.25) is 0 Å². The van der Waals surface area contributed by atoms with Crippen molar-refractivity contribution < 1.29 is 9.53 Å².